The largest absolute Gasteiger partial charge is 0.369 e. The molecule has 98 valence electrons. The quantitative estimate of drug-likeness (QED) is 0.919. The van der Waals surface area contributed by atoms with Crippen molar-refractivity contribution in [1.82, 2.24) is 0 Å². The van der Waals surface area contributed by atoms with E-state index in [1.54, 1.807) is 18.2 Å². The average molecular weight is 298 g/mol. The molecule has 0 aliphatic carbocycles. The zero-order chi connectivity index (χ0) is 14.0. The van der Waals surface area contributed by atoms with Crippen LogP contribution < -0.4 is 5.73 Å². The minimum absolute atomic E-state index is 0.0376. The second-order valence-corrected chi connectivity index (χ2v) is 4.89. The Morgan fingerprint density at radius 3 is 2.47 bits per heavy atom. The van der Waals surface area contributed by atoms with Crippen molar-refractivity contribution in [2.45, 2.75) is 6.42 Å². The molecule has 2 aromatic rings. The molecule has 5 heteroatoms. The molecule has 0 saturated heterocycles. The SMILES string of the molecule is NC(=O)Cc1ccc(F)cc1-c1ccc(Cl)c(Cl)c1. The van der Waals surface area contributed by atoms with Gasteiger partial charge >= 0.3 is 0 Å². The van der Waals surface area contributed by atoms with Gasteiger partial charge in [-0.25, -0.2) is 4.39 Å². The number of hydrogen-bond donors (Lipinski definition) is 1. The van der Waals surface area contributed by atoms with E-state index in [0.29, 0.717) is 26.7 Å². The fraction of sp³-hybridized carbons (Fsp3) is 0.0714. The van der Waals surface area contributed by atoms with Gasteiger partial charge in [-0.3, -0.25) is 4.79 Å². The normalized spacial score (nSPS) is 10.5. The molecule has 0 aliphatic rings. The average Bonchev–Trinajstić information content (AvgIpc) is 2.34. The van der Waals surface area contributed by atoms with Crippen molar-refractivity contribution in [3.63, 3.8) is 0 Å². The van der Waals surface area contributed by atoms with Crippen molar-refractivity contribution in [2.75, 3.05) is 0 Å². The smallest absolute Gasteiger partial charge is 0.221 e. The van der Waals surface area contributed by atoms with Crippen LogP contribution in [0, 0.1) is 5.82 Å². The first kappa shape index (κ1) is 13.8. The standard InChI is InChI=1S/C14H10Cl2FNO/c15-12-4-2-8(5-13(12)16)11-7-10(17)3-1-9(11)6-14(18)19/h1-5,7H,6H2,(H2,18,19). The second kappa shape index (κ2) is 5.59. The zero-order valence-electron chi connectivity index (χ0n) is 9.79. The Morgan fingerprint density at radius 2 is 1.84 bits per heavy atom. The summed E-state index contributed by atoms with van der Waals surface area (Å²) >= 11 is 11.8. The van der Waals surface area contributed by atoms with Gasteiger partial charge in [-0.1, -0.05) is 35.3 Å². The van der Waals surface area contributed by atoms with Gasteiger partial charge < -0.3 is 5.73 Å². The number of benzene rings is 2. The molecule has 0 bridgehead atoms. The van der Waals surface area contributed by atoms with Gasteiger partial charge in [0.2, 0.25) is 5.91 Å². The molecular formula is C14H10Cl2FNO. The van der Waals surface area contributed by atoms with Crippen LogP contribution >= 0.6 is 23.2 Å². The number of hydrogen-bond acceptors (Lipinski definition) is 1. The highest BCUT2D eigenvalue weighted by atomic mass is 35.5. The van der Waals surface area contributed by atoms with Crippen LogP contribution in [0.1, 0.15) is 5.56 Å². The summed E-state index contributed by atoms with van der Waals surface area (Å²) in [4.78, 5) is 11.0. The summed E-state index contributed by atoms with van der Waals surface area (Å²) in [6, 6.07) is 9.14. The lowest BCUT2D eigenvalue weighted by atomic mass is 9.97. The van der Waals surface area contributed by atoms with Crippen LogP contribution in [0.3, 0.4) is 0 Å². The minimum atomic E-state index is -0.479. The number of halogens is 3. The van der Waals surface area contributed by atoms with Gasteiger partial charge in [-0.15, -0.1) is 0 Å². The molecule has 0 unspecified atom stereocenters. The molecular weight excluding hydrogens is 288 g/mol. The van der Waals surface area contributed by atoms with Crippen molar-refractivity contribution in [3.8, 4) is 11.1 Å². The molecule has 2 N–H and O–H groups in total. The van der Waals surface area contributed by atoms with Gasteiger partial charge in [0, 0.05) is 0 Å². The number of primary amides is 1. The molecule has 0 fully saturated rings. The lowest BCUT2D eigenvalue weighted by Crippen LogP contribution is -2.14. The van der Waals surface area contributed by atoms with E-state index in [1.807, 2.05) is 0 Å². The van der Waals surface area contributed by atoms with Crippen LogP contribution in [0.25, 0.3) is 11.1 Å². The van der Waals surface area contributed by atoms with Crippen LogP contribution in [0.5, 0.6) is 0 Å². The summed E-state index contributed by atoms with van der Waals surface area (Å²) in [6.45, 7) is 0. The fourth-order valence-corrected chi connectivity index (χ4v) is 2.12. The lowest BCUT2D eigenvalue weighted by molar-refractivity contribution is -0.117. The predicted octanol–water partition coefficient (Wildman–Crippen LogP) is 3.83. The van der Waals surface area contributed by atoms with Gasteiger partial charge in [0.1, 0.15) is 5.82 Å². The van der Waals surface area contributed by atoms with E-state index in [1.165, 1.54) is 18.2 Å². The maximum absolute atomic E-state index is 13.4. The third-order valence-electron chi connectivity index (χ3n) is 2.67. The van der Waals surface area contributed by atoms with Crippen molar-refractivity contribution >= 4 is 29.1 Å². The second-order valence-electron chi connectivity index (χ2n) is 4.07. The maximum atomic E-state index is 13.4. The third-order valence-corrected chi connectivity index (χ3v) is 3.41. The molecule has 0 heterocycles. The van der Waals surface area contributed by atoms with Gasteiger partial charge in [0.15, 0.2) is 0 Å². The van der Waals surface area contributed by atoms with E-state index >= 15 is 0 Å². The van der Waals surface area contributed by atoms with Gasteiger partial charge in [0.05, 0.1) is 16.5 Å². The van der Waals surface area contributed by atoms with Gasteiger partial charge in [-0.05, 0) is 41.0 Å². The van der Waals surface area contributed by atoms with E-state index in [2.05, 4.69) is 0 Å². The lowest BCUT2D eigenvalue weighted by Gasteiger charge is -2.09. The van der Waals surface area contributed by atoms with Crippen LogP contribution in [-0.4, -0.2) is 5.91 Å². The summed E-state index contributed by atoms with van der Waals surface area (Å²) < 4.78 is 13.4. The molecule has 0 spiro atoms. The van der Waals surface area contributed by atoms with E-state index in [4.69, 9.17) is 28.9 Å². The Labute approximate surface area is 119 Å². The molecule has 0 aliphatic heterocycles. The molecule has 0 aromatic heterocycles. The highest BCUT2D eigenvalue weighted by Crippen LogP contribution is 2.31. The number of carbonyl (C=O) groups excluding carboxylic acids is 1. The first-order valence-electron chi connectivity index (χ1n) is 5.49. The molecule has 2 aromatic carbocycles. The first-order valence-corrected chi connectivity index (χ1v) is 6.25. The van der Waals surface area contributed by atoms with Crippen molar-refractivity contribution in [2.24, 2.45) is 5.73 Å². The number of nitrogens with two attached hydrogens (primary N) is 1. The van der Waals surface area contributed by atoms with E-state index in [0.717, 1.165) is 0 Å². The molecule has 19 heavy (non-hydrogen) atoms. The van der Waals surface area contributed by atoms with Crippen LogP contribution in [0.2, 0.25) is 10.0 Å². The van der Waals surface area contributed by atoms with E-state index in [-0.39, 0.29) is 6.42 Å². The van der Waals surface area contributed by atoms with Gasteiger partial charge in [0.25, 0.3) is 0 Å². The first-order chi connectivity index (χ1) is 8.97. The van der Waals surface area contributed by atoms with Crippen molar-refractivity contribution < 1.29 is 9.18 Å². The Kier molecular flexibility index (Phi) is 4.08. The molecule has 0 atom stereocenters. The minimum Gasteiger partial charge on any atom is -0.369 e. The van der Waals surface area contributed by atoms with Crippen LogP contribution in [-0.2, 0) is 11.2 Å². The van der Waals surface area contributed by atoms with E-state index < -0.39 is 11.7 Å². The Bertz CT molecular complexity index is 643. The van der Waals surface area contributed by atoms with Crippen LogP contribution in [0.4, 0.5) is 4.39 Å². The Morgan fingerprint density at radius 1 is 1.11 bits per heavy atom. The summed E-state index contributed by atoms with van der Waals surface area (Å²) in [5.41, 5.74) is 7.10. The molecule has 2 rings (SSSR count). The fourth-order valence-electron chi connectivity index (χ4n) is 1.82. The summed E-state index contributed by atoms with van der Waals surface area (Å²) in [5, 5.41) is 0.784. The van der Waals surface area contributed by atoms with Crippen LogP contribution in [0.15, 0.2) is 36.4 Å². The monoisotopic (exact) mass is 297 g/mol. The number of amides is 1. The highest BCUT2D eigenvalue weighted by molar-refractivity contribution is 6.42. The summed E-state index contributed by atoms with van der Waals surface area (Å²) in [6.07, 6.45) is 0.0376. The molecule has 0 radical (unpaired) electrons. The predicted molar refractivity (Wildman–Crippen MR) is 74.8 cm³/mol. The maximum Gasteiger partial charge on any atom is 0.221 e. The number of rotatable bonds is 3. The van der Waals surface area contributed by atoms with E-state index in [9.17, 15) is 9.18 Å². The number of carbonyl (C=O) groups is 1. The molecule has 0 saturated carbocycles. The molecule has 1 amide bonds. The zero-order valence-corrected chi connectivity index (χ0v) is 11.3. The summed E-state index contributed by atoms with van der Waals surface area (Å²) in [7, 11) is 0. The van der Waals surface area contributed by atoms with Gasteiger partial charge in [-0.2, -0.15) is 0 Å². The topological polar surface area (TPSA) is 43.1 Å². The Balaban J connectivity index is 2.55. The van der Waals surface area contributed by atoms with Crippen molar-refractivity contribution in [1.29, 1.82) is 0 Å². The third kappa shape index (κ3) is 3.25. The van der Waals surface area contributed by atoms with Crippen molar-refractivity contribution in [3.05, 3.63) is 57.8 Å². The molecule has 2 nitrogen and oxygen atoms in total. The highest BCUT2D eigenvalue weighted by Gasteiger charge is 2.10. The Hall–Kier alpha value is -1.58. The summed E-state index contributed by atoms with van der Waals surface area (Å²) in [5.74, 6) is -0.873.